The molecule has 0 saturated carbocycles. The third-order valence-electron chi connectivity index (χ3n) is 6.03. The number of nitrogens with zero attached hydrogens (tertiary/aromatic N) is 5. The van der Waals surface area contributed by atoms with Crippen LogP contribution in [0.3, 0.4) is 0 Å². The predicted molar refractivity (Wildman–Crippen MR) is 138 cm³/mol. The summed E-state index contributed by atoms with van der Waals surface area (Å²) >= 11 is 6.40. The van der Waals surface area contributed by atoms with E-state index in [2.05, 4.69) is 41.9 Å². The van der Waals surface area contributed by atoms with E-state index in [0.29, 0.717) is 47.0 Å². The van der Waals surface area contributed by atoms with Gasteiger partial charge in [0.1, 0.15) is 10.8 Å². The minimum Gasteiger partial charge on any atom is -0.494 e. The summed E-state index contributed by atoms with van der Waals surface area (Å²) in [6.45, 7) is 4.45. The first-order chi connectivity index (χ1) is 17.1. The Labute approximate surface area is 208 Å². The molecule has 0 bridgehead atoms. The van der Waals surface area contributed by atoms with Crippen molar-refractivity contribution in [3.63, 3.8) is 0 Å². The lowest BCUT2D eigenvalue weighted by atomic mass is 10.2. The lowest BCUT2D eigenvalue weighted by Gasteiger charge is -2.30. The van der Waals surface area contributed by atoms with Crippen molar-refractivity contribution >= 4 is 52.2 Å². The highest BCUT2D eigenvalue weighted by molar-refractivity contribution is 6.33. The summed E-state index contributed by atoms with van der Waals surface area (Å²) in [5.41, 5.74) is 2.49. The number of halogens is 1. The number of carbonyl (C=O) groups is 1. The molecule has 4 heterocycles. The molecule has 11 heteroatoms. The molecule has 182 valence electrons. The number of piperazine rings is 1. The second-order valence-corrected chi connectivity index (χ2v) is 8.69. The van der Waals surface area contributed by atoms with Crippen LogP contribution in [-0.4, -0.2) is 60.7 Å². The highest BCUT2D eigenvalue weighted by Crippen LogP contribution is 2.34. The highest BCUT2D eigenvalue weighted by Gasteiger charge is 2.25. The first kappa shape index (κ1) is 23.1. The topological polar surface area (TPSA) is 108 Å². The molecule has 2 aliphatic rings. The van der Waals surface area contributed by atoms with Gasteiger partial charge >= 0.3 is 0 Å². The van der Waals surface area contributed by atoms with Gasteiger partial charge in [-0.3, -0.25) is 9.69 Å². The van der Waals surface area contributed by atoms with E-state index >= 15 is 0 Å². The van der Waals surface area contributed by atoms with Crippen LogP contribution in [0.1, 0.15) is 12.8 Å². The van der Waals surface area contributed by atoms with Crippen molar-refractivity contribution < 1.29 is 9.53 Å². The fraction of sp³-hybridized carbons (Fsp3) is 0.333. The highest BCUT2D eigenvalue weighted by atomic mass is 35.5. The molecule has 1 aromatic carbocycles. The largest absolute Gasteiger partial charge is 0.494 e. The van der Waals surface area contributed by atoms with Crippen molar-refractivity contribution in [3.05, 3.63) is 47.7 Å². The molecule has 3 N–H and O–H groups in total. The molecule has 2 fully saturated rings. The monoisotopic (exact) mass is 494 g/mol. The maximum Gasteiger partial charge on any atom is 0.229 e. The number of anilines is 6. The van der Waals surface area contributed by atoms with E-state index in [4.69, 9.17) is 16.3 Å². The Morgan fingerprint density at radius 3 is 2.71 bits per heavy atom. The molecule has 2 aliphatic heterocycles. The van der Waals surface area contributed by atoms with Gasteiger partial charge in [-0.1, -0.05) is 11.6 Å². The lowest BCUT2D eigenvalue weighted by Crippen LogP contribution is -2.43. The Morgan fingerprint density at radius 2 is 1.94 bits per heavy atom. The van der Waals surface area contributed by atoms with Crippen molar-refractivity contribution in [2.45, 2.75) is 12.8 Å². The van der Waals surface area contributed by atoms with E-state index in [-0.39, 0.29) is 5.91 Å². The van der Waals surface area contributed by atoms with Crippen molar-refractivity contribution in [1.82, 2.24) is 20.3 Å². The number of benzene rings is 1. The Bertz CT molecular complexity index is 1220. The molecule has 35 heavy (non-hydrogen) atoms. The number of pyridine rings is 1. The molecule has 5 rings (SSSR count). The van der Waals surface area contributed by atoms with Gasteiger partial charge in [0.2, 0.25) is 11.9 Å². The number of amides is 1. The number of nitrogens with one attached hydrogen (secondary N) is 3. The van der Waals surface area contributed by atoms with Crippen LogP contribution in [0.5, 0.6) is 5.75 Å². The quantitative estimate of drug-likeness (QED) is 0.454. The Balaban J connectivity index is 1.37. The van der Waals surface area contributed by atoms with Crippen molar-refractivity contribution in [2.24, 2.45) is 0 Å². The number of rotatable bonds is 7. The first-order valence-electron chi connectivity index (χ1n) is 11.6. The second kappa shape index (κ2) is 10.3. The Hall–Kier alpha value is -3.63. The maximum atomic E-state index is 12.3. The first-order valence-corrected chi connectivity index (χ1v) is 12.0. The van der Waals surface area contributed by atoms with Gasteiger partial charge in [0, 0.05) is 57.1 Å². The number of hydrogen-bond acceptors (Lipinski definition) is 9. The maximum absolute atomic E-state index is 12.3. The molecule has 2 saturated heterocycles. The van der Waals surface area contributed by atoms with Gasteiger partial charge in [0.25, 0.3) is 0 Å². The van der Waals surface area contributed by atoms with Gasteiger partial charge in [-0.05, 0) is 30.7 Å². The zero-order valence-electron chi connectivity index (χ0n) is 19.4. The zero-order chi connectivity index (χ0) is 24.2. The number of methoxy groups -OCH3 is 1. The van der Waals surface area contributed by atoms with Crippen LogP contribution in [0.4, 0.5) is 34.6 Å². The summed E-state index contributed by atoms with van der Waals surface area (Å²) in [5.74, 6) is 2.06. The van der Waals surface area contributed by atoms with Gasteiger partial charge in [-0.2, -0.15) is 4.98 Å². The number of aromatic nitrogens is 3. The third-order valence-corrected chi connectivity index (χ3v) is 6.30. The summed E-state index contributed by atoms with van der Waals surface area (Å²) in [4.78, 5) is 29.6. The van der Waals surface area contributed by atoms with E-state index < -0.39 is 0 Å². The van der Waals surface area contributed by atoms with Gasteiger partial charge in [0.05, 0.1) is 24.7 Å². The SMILES string of the molecule is COc1cc(N2CCNCC2)ccc1Nc1ncc(Cl)c(Nc2cccnc2N2CCCC2=O)n1. The average molecular weight is 495 g/mol. The van der Waals surface area contributed by atoms with Crippen molar-refractivity contribution in [1.29, 1.82) is 0 Å². The molecule has 0 spiro atoms. The van der Waals surface area contributed by atoms with Crippen LogP contribution in [-0.2, 0) is 4.79 Å². The van der Waals surface area contributed by atoms with Crippen molar-refractivity contribution in [2.75, 3.05) is 60.3 Å². The van der Waals surface area contributed by atoms with Crippen LogP contribution in [0.15, 0.2) is 42.7 Å². The zero-order valence-corrected chi connectivity index (χ0v) is 20.2. The fourth-order valence-electron chi connectivity index (χ4n) is 4.25. The lowest BCUT2D eigenvalue weighted by molar-refractivity contribution is -0.117. The Kier molecular flexibility index (Phi) is 6.82. The molecular formula is C24H27ClN8O2. The molecule has 0 atom stereocenters. The van der Waals surface area contributed by atoms with E-state index in [1.54, 1.807) is 24.3 Å². The molecule has 10 nitrogen and oxygen atoms in total. The second-order valence-electron chi connectivity index (χ2n) is 8.29. The summed E-state index contributed by atoms with van der Waals surface area (Å²) < 4.78 is 5.63. The standard InChI is InChI=1S/C24H27ClN8O2/c1-35-20-14-16(32-12-9-26-10-13-32)6-7-18(20)30-24-28-15-17(25)22(31-24)29-19-4-2-8-27-23(19)33-11-3-5-21(33)34/h2,4,6-8,14-15,26H,3,5,9-13H2,1H3,(H2,28,29,30,31). The molecule has 3 aromatic rings. The van der Waals surface area contributed by atoms with Gasteiger partial charge < -0.3 is 25.6 Å². The van der Waals surface area contributed by atoms with Crippen LogP contribution >= 0.6 is 11.6 Å². The van der Waals surface area contributed by atoms with E-state index in [9.17, 15) is 4.79 Å². The number of ether oxygens (including phenoxy) is 1. The summed E-state index contributed by atoms with van der Waals surface area (Å²) in [5, 5.41) is 10.2. The van der Waals surface area contributed by atoms with Crippen LogP contribution in [0, 0.1) is 0 Å². The minimum absolute atomic E-state index is 0.0549. The number of carbonyl (C=O) groups excluding carboxylic acids is 1. The smallest absolute Gasteiger partial charge is 0.229 e. The molecule has 2 aromatic heterocycles. The summed E-state index contributed by atoms with van der Waals surface area (Å²) in [6.07, 6.45) is 4.52. The molecule has 0 aliphatic carbocycles. The minimum atomic E-state index is 0.0549. The predicted octanol–water partition coefficient (Wildman–Crippen LogP) is 3.56. The summed E-state index contributed by atoms with van der Waals surface area (Å²) in [7, 11) is 1.64. The molecular weight excluding hydrogens is 468 g/mol. The molecule has 0 unspecified atom stereocenters. The fourth-order valence-corrected chi connectivity index (χ4v) is 4.39. The average Bonchev–Trinajstić information content (AvgIpc) is 3.32. The van der Waals surface area contributed by atoms with Gasteiger partial charge in [-0.25, -0.2) is 9.97 Å². The van der Waals surface area contributed by atoms with E-state index in [0.717, 1.165) is 44.0 Å². The van der Waals surface area contributed by atoms with Crippen molar-refractivity contribution in [3.8, 4) is 5.75 Å². The normalized spacial score (nSPS) is 15.9. The van der Waals surface area contributed by atoms with Crippen LogP contribution in [0.2, 0.25) is 5.02 Å². The van der Waals surface area contributed by atoms with E-state index in [1.807, 2.05) is 18.2 Å². The van der Waals surface area contributed by atoms with E-state index in [1.165, 1.54) is 6.20 Å². The van der Waals surface area contributed by atoms with Crippen LogP contribution in [0.25, 0.3) is 0 Å². The molecule has 0 radical (unpaired) electrons. The van der Waals surface area contributed by atoms with Crippen LogP contribution < -0.4 is 30.5 Å². The van der Waals surface area contributed by atoms with Gasteiger partial charge in [0.15, 0.2) is 11.6 Å². The molecule has 1 amide bonds. The third kappa shape index (κ3) is 5.08. The van der Waals surface area contributed by atoms with Gasteiger partial charge in [-0.15, -0.1) is 0 Å². The summed E-state index contributed by atoms with van der Waals surface area (Å²) in [6, 6.07) is 9.67. The number of hydrogen-bond donors (Lipinski definition) is 3. The Morgan fingerprint density at radius 1 is 1.09 bits per heavy atom.